The number of ketones is 1. The topological polar surface area (TPSA) is 182 Å². The van der Waals surface area contributed by atoms with Gasteiger partial charge in [0.2, 0.25) is 5.91 Å². The largest absolute Gasteiger partial charge is 0.494 e. The van der Waals surface area contributed by atoms with Crippen LogP contribution in [0.25, 0.3) is 10.9 Å². The number of anilines is 1. The van der Waals surface area contributed by atoms with Gasteiger partial charge in [0.25, 0.3) is 17.6 Å². The van der Waals surface area contributed by atoms with Gasteiger partial charge in [-0.15, -0.1) is 0 Å². The standard InChI is InChI=1S/C28H32N8O6/c1-3-30-22(37)16-42-15-21(29)33-17-34-26-24-23(20(41-2)14-32-26)19(13-31-24)25(38)28(40)36-11-9-35(10-12-36)27(39)18-7-5-4-6-8-18/h4-8,13-14,17,31H,3,9-12,15-16H2,1-2H3,(H,30,37)(H2,29,32,33,34). The van der Waals surface area contributed by atoms with Crippen LogP contribution >= 0.6 is 0 Å². The number of amidine groups is 1. The molecule has 4 N–H and O–H groups in total. The summed E-state index contributed by atoms with van der Waals surface area (Å²) in [6.07, 6.45) is 4.06. The Bertz CT molecular complexity index is 1490. The summed E-state index contributed by atoms with van der Waals surface area (Å²) in [6, 6.07) is 8.91. The Morgan fingerprint density at radius 1 is 1.10 bits per heavy atom. The van der Waals surface area contributed by atoms with E-state index < -0.39 is 11.7 Å². The molecule has 3 amide bonds. The number of nitrogens with zero attached hydrogens (tertiary/aromatic N) is 4. The summed E-state index contributed by atoms with van der Waals surface area (Å²) in [5.74, 6) is -1.37. The lowest BCUT2D eigenvalue weighted by molar-refractivity contribution is -0.128. The van der Waals surface area contributed by atoms with Gasteiger partial charge in [0.15, 0.2) is 5.82 Å². The highest BCUT2D eigenvalue weighted by atomic mass is 16.5. The number of aromatic nitrogens is 2. The van der Waals surface area contributed by atoms with Crippen molar-refractivity contribution < 1.29 is 28.7 Å². The number of nitrogens with one attached hydrogen (secondary N) is 4. The monoisotopic (exact) mass is 576 g/mol. The lowest BCUT2D eigenvalue weighted by Gasteiger charge is -2.34. The first kappa shape index (κ1) is 29.9. The number of fused-ring (bicyclic) bond motifs is 1. The van der Waals surface area contributed by atoms with Gasteiger partial charge in [-0.2, -0.15) is 0 Å². The first-order valence-electron chi connectivity index (χ1n) is 13.3. The Hall–Kier alpha value is -5.11. The van der Waals surface area contributed by atoms with E-state index in [9.17, 15) is 19.2 Å². The molecule has 42 heavy (non-hydrogen) atoms. The van der Waals surface area contributed by atoms with Gasteiger partial charge < -0.3 is 34.9 Å². The SMILES string of the molecule is CCNC(=O)COCC(=N)/N=C\Nc1ncc(OC)c2c(C(=O)C(=O)N3CCN(C(=O)c4ccccc4)CC3)c[nH]c12. The predicted octanol–water partition coefficient (Wildman–Crippen LogP) is 1.31. The van der Waals surface area contributed by atoms with Gasteiger partial charge in [0.05, 0.1) is 36.1 Å². The Labute approximate surface area is 241 Å². The third-order valence-corrected chi connectivity index (χ3v) is 6.48. The number of carbonyl (C=O) groups is 4. The molecule has 0 radical (unpaired) electrons. The molecule has 0 aliphatic carbocycles. The van der Waals surface area contributed by atoms with Crippen LogP contribution in [0.5, 0.6) is 5.75 Å². The van der Waals surface area contributed by atoms with Crippen molar-refractivity contribution in [1.82, 2.24) is 25.1 Å². The first-order valence-corrected chi connectivity index (χ1v) is 13.3. The number of likely N-dealkylation sites (N-methyl/N-ethyl adjacent to an activating group) is 1. The molecule has 14 heteroatoms. The smallest absolute Gasteiger partial charge is 0.295 e. The van der Waals surface area contributed by atoms with Crippen LogP contribution in [0, 0.1) is 5.41 Å². The maximum atomic E-state index is 13.3. The fourth-order valence-electron chi connectivity index (χ4n) is 4.39. The quantitative estimate of drug-likeness (QED) is 0.114. The highest BCUT2D eigenvalue weighted by molar-refractivity contribution is 6.45. The van der Waals surface area contributed by atoms with Crippen LogP contribution in [-0.4, -0.2) is 108 Å². The number of aliphatic imine (C=N–C) groups is 1. The van der Waals surface area contributed by atoms with Crippen LogP contribution in [0.15, 0.2) is 47.7 Å². The maximum Gasteiger partial charge on any atom is 0.295 e. The second-order valence-electron chi connectivity index (χ2n) is 9.20. The summed E-state index contributed by atoms with van der Waals surface area (Å²) in [7, 11) is 1.43. The summed E-state index contributed by atoms with van der Waals surface area (Å²) in [6.45, 7) is 3.01. The lowest BCUT2D eigenvalue weighted by atomic mass is 10.1. The number of rotatable bonds is 11. The molecule has 3 heterocycles. The van der Waals surface area contributed by atoms with E-state index in [2.05, 4.69) is 25.6 Å². The summed E-state index contributed by atoms with van der Waals surface area (Å²) >= 11 is 0. The minimum Gasteiger partial charge on any atom is -0.494 e. The number of ether oxygens (including phenoxy) is 2. The predicted molar refractivity (Wildman–Crippen MR) is 155 cm³/mol. The molecular formula is C28H32N8O6. The molecule has 3 aromatic rings. The van der Waals surface area contributed by atoms with E-state index in [0.717, 1.165) is 0 Å². The molecule has 14 nitrogen and oxygen atoms in total. The van der Waals surface area contributed by atoms with Crippen LogP contribution in [0.4, 0.5) is 5.82 Å². The van der Waals surface area contributed by atoms with Crippen LogP contribution in [0.1, 0.15) is 27.6 Å². The van der Waals surface area contributed by atoms with Gasteiger partial charge in [-0.05, 0) is 19.1 Å². The Morgan fingerprint density at radius 3 is 2.50 bits per heavy atom. The normalized spacial score (nSPS) is 13.3. The molecule has 0 bridgehead atoms. The third-order valence-electron chi connectivity index (χ3n) is 6.48. The maximum absolute atomic E-state index is 13.3. The van der Waals surface area contributed by atoms with Gasteiger partial charge in [0, 0.05) is 44.5 Å². The van der Waals surface area contributed by atoms with Crippen LogP contribution in [0.3, 0.4) is 0 Å². The van der Waals surface area contributed by atoms with Gasteiger partial charge in [-0.1, -0.05) is 18.2 Å². The third kappa shape index (κ3) is 6.96. The molecule has 0 saturated carbocycles. The number of H-pyrrole nitrogens is 1. The van der Waals surface area contributed by atoms with Crippen molar-refractivity contribution in [1.29, 1.82) is 5.41 Å². The Morgan fingerprint density at radius 2 is 1.81 bits per heavy atom. The number of amides is 3. The zero-order valence-electron chi connectivity index (χ0n) is 23.3. The number of methoxy groups -OCH3 is 1. The molecule has 1 fully saturated rings. The number of Topliss-reactive ketones (excluding diaryl/α,β-unsaturated/α-hetero) is 1. The van der Waals surface area contributed by atoms with Gasteiger partial charge >= 0.3 is 0 Å². The summed E-state index contributed by atoms with van der Waals surface area (Å²) in [5, 5.41) is 13.7. The highest BCUT2D eigenvalue weighted by Crippen LogP contribution is 2.32. The van der Waals surface area contributed by atoms with Gasteiger partial charge in [0.1, 0.15) is 24.8 Å². The van der Waals surface area contributed by atoms with Crippen molar-refractivity contribution in [2.24, 2.45) is 4.99 Å². The number of hydrogen-bond acceptors (Lipinski definition) is 8. The summed E-state index contributed by atoms with van der Waals surface area (Å²) < 4.78 is 10.6. The fourth-order valence-corrected chi connectivity index (χ4v) is 4.39. The number of benzene rings is 1. The molecule has 0 atom stereocenters. The average molecular weight is 577 g/mol. The van der Waals surface area contributed by atoms with Crippen molar-refractivity contribution in [2.75, 3.05) is 58.4 Å². The molecule has 1 aliphatic heterocycles. The first-order chi connectivity index (χ1) is 20.3. The van der Waals surface area contributed by atoms with Crippen LogP contribution < -0.4 is 15.4 Å². The Kier molecular flexibility index (Phi) is 9.94. The second kappa shape index (κ2) is 14.0. The van der Waals surface area contributed by atoms with Crippen molar-refractivity contribution in [2.45, 2.75) is 6.92 Å². The zero-order valence-corrected chi connectivity index (χ0v) is 23.3. The summed E-state index contributed by atoms with van der Waals surface area (Å²) in [4.78, 5) is 65.0. The van der Waals surface area contributed by atoms with E-state index in [0.29, 0.717) is 36.1 Å². The number of piperazine rings is 1. The van der Waals surface area contributed by atoms with E-state index in [1.165, 1.54) is 30.7 Å². The second-order valence-corrected chi connectivity index (χ2v) is 9.20. The minimum absolute atomic E-state index is 0.114. The number of carbonyl (C=O) groups excluding carboxylic acids is 4. The van der Waals surface area contributed by atoms with E-state index in [1.54, 1.807) is 36.1 Å². The molecule has 0 unspecified atom stereocenters. The molecule has 220 valence electrons. The van der Waals surface area contributed by atoms with Crippen LogP contribution in [-0.2, 0) is 14.3 Å². The lowest BCUT2D eigenvalue weighted by Crippen LogP contribution is -2.52. The zero-order chi connectivity index (χ0) is 30.1. The van der Waals surface area contributed by atoms with E-state index in [4.69, 9.17) is 14.9 Å². The van der Waals surface area contributed by atoms with Gasteiger partial charge in [-0.25, -0.2) is 9.98 Å². The minimum atomic E-state index is -0.723. The fraction of sp³-hybridized carbons (Fsp3) is 0.321. The Balaban J connectivity index is 1.40. The molecular weight excluding hydrogens is 544 g/mol. The molecule has 4 rings (SSSR count). The van der Waals surface area contributed by atoms with Crippen LogP contribution in [0.2, 0.25) is 0 Å². The number of aromatic amines is 1. The molecule has 1 saturated heterocycles. The average Bonchev–Trinajstić information content (AvgIpc) is 3.46. The van der Waals surface area contributed by atoms with E-state index in [-0.39, 0.29) is 61.1 Å². The molecule has 1 aromatic carbocycles. The van der Waals surface area contributed by atoms with Crippen molar-refractivity contribution in [3.8, 4) is 5.75 Å². The number of pyridine rings is 1. The molecule has 2 aromatic heterocycles. The van der Waals surface area contributed by atoms with Crippen molar-refractivity contribution >= 4 is 52.4 Å². The highest BCUT2D eigenvalue weighted by Gasteiger charge is 2.31. The molecule has 1 aliphatic rings. The number of hydrogen-bond donors (Lipinski definition) is 4. The van der Waals surface area contributed by atoms with E-state index in [1.807, 2.05) is 6.07 Å². The summed E-state index contributed by atoms with van der Waals surface area (Å²) in [5.41, 5.74) is 1.08. The van der Waals surface area contributed by atoms with Crippen molar-refractivity contribution in [3.05, 3.63) is 53.9 Å². The van der Waals surface area contributed by atoms with Gasteiger partial charge in [-0.3, -0.25) is 24.6 Å². The molecule has 0 spiro atoms. The van der Waals surface area contributed by atoms with Crippen molar-refractivity contribution in [3.63, 3.8) is 0 Å². The van der Waals surface area contributed by atoms with E-state index >= 15 is 0 Å².